The second-order valence-corrected chi connectivity index (χ2v) is 5.18. The first-order valence-corrected chi connectivity index (χ1v) is 7.24. The standard InChI is InChI=1S/C17H23NO2/c1-3-11-20-17-9-8-15-7-6-14(12-16(15)13-17)5-4-10-18(2)19/h6-9,12-13,19H,3-5,10-11H2,1-2H3. The van der Waals surface area contributed by atoms with Crippen molar-refractivity contribution in [3.05, 3.63) is 42.0 Å². The third kappa shape index (κ3) is 4.22. The van der Waals surface area contributed by atoms with Crippen molar-refractivity contribution in [3.8, 4) is 5.75 Å². The zero-order valence-electron chi connectivity index (χ0n) is 12.3. The maximum Gasteiger partial charge on any atom is 0.119 e. The van der Waals surface area contributed by atoms with Gasteiger partial charge in [-0.15, -0.1) is 0 Å². The van der Waals surface area contributed by atoms with Gasteiger partial charge < -0.3 is 9.94 Å². The fraction of sp³-hybridized carbons (Fsp3) is 0.412. The van der Waals surface area contributed by atoms with Crippen molar-refractivity contribution in [3.63, 3.8) is 0 Å². The highest BCUT2D eigenvalue weighted by atomic mass is 16.5. The van der Waals surface area contributed by atoms with Crippen LogP contribution in [0.4, 0.5) is 0 Å². The Morgan fingerprint density at radius 3 is 2.65 bits per heavy atom. The van der Waals surface area contributed by atoms with E-state index < -0.39 is 0 Å². The smallest absolute Gasteiger partial charge is 0.119 e. The molecule has 3 heteroatoms. The van der Waals surface area contributed by atoms with Crippen LogP contribution in [0.3, 0.4) is 0 Å². The molecule has 0 saturated heterocycles. The molecule has 0 heterocycles. The predicted molar refractivity (Wildman–Crippen MR) is 82.5 cm³/mol. The van der Waals surface area contributed by atoms with Gasteiger partial charge in [0.1, 0.15) is 5.75 Å². The minimum Gasteiger partial charge on any atom is -0.494 e. The maximum atomic E-state index is 9.14. The summed E-state index contributed by atoms with van der Waals surface area (Å²) >= 11 is 0. The van der Waals surface area contributed by atoms with Crippen LogP contribution in [0.1, 0.15) is 25.3 Å². The molecule has 20 heavy (non-hydrogen) atoms. The van der Waals surface area contributed by atoms with E-state index in [-0.39, 0.29) is 0 Å². The molecule has 2 aromatic carbocycles. The Morgan fingerprint density at radius 2 is 1.90 bits per heavy atom. The van der Waals surface area contributed by atoms with E-state index >= 15 is 0 Å². The van der Waals surface area contributed by atoms with Gasteiger partial charge in [-0.25, -0.2) is 0 Å². The van der Waals surface area contributed by atoms with Gasteiger partial charge in [0.05, 0.1) is 6.61 Å². The van der Waals surface area contributed by atoms with Crippen molar-refractivity contribution in [1.29, 1.82) is 0 Å². The predicted octanol–water partition coefficient (Wildman–Crippen LogP) is 3.88. The molecule has 1 N–H and O–H groups in total. The Hall–Kier alpha value is -1.58. The molecule has 0 spiro atoms. The van der Waals surface area contributed by atoms with Crippen LogP contribution in [0.5, 0.6) is 5.75 Å². The topological polar surface area (TPSA) is 32.7 Å². The Bertz CT molecular complexity index is 552. The molecular formula is C17H23NO2. The molecule has 0 fully saturated rings. The van der Waals surface area contributed by atoms with Crippen molar-refractivity contribution in [2.45, 2.75) is 26.2 Å². The fourth-order valence-corrected chi connectivity index (χ4v) is 2.25. The van der Waals surface area contributed by atoms with E-state index in [4.69, 9.17) is 9.94 Å². The summed E-state index contributed by atoms with van der Waals surface area (Å²) in [5.41, 5.74) is 1.30. The number of ether oxygens (including phenoxy) is 1. The molecule has 0 amide bonds. The lowest BCUT2D eigenvalue weighted by Crippen LogP contribution is -2.14. The molecule has 0 aliphatic carbocycles. The van der Waals surface area contributed by atoms with Crippen molar-refractivity contribution < 1.29 is 9.94 Å². The van der Waals surface area contributed by atoms with E-state index in [0.29, 0.717) is 6.54 Å². The van der Waals surface area contributed by atoms with E-state index in [1.165, 1.54) is 21.4 Å². The van der Waals surface area contributed by atoms with Crippen LogP contribution in [0.25, 0.3) is 10.8 Å². The summed E-state index contributed by atoms with van der Waals surface area (Å²) in [4.78, 5) is 0. The second kappa shape index (κ2) is 7.27. The number of hydroxylamine groups is 2. The Kier molecular flexibility index (Phi) is 5.39. The van der Waals surface area contributed by atoms with Crippen LogP contribution in [-0.4, -0.2) is 30.5 Å². The molecule has 0 atom stereocenters. The van der Waals surface area contributed by atoms with E-state index in [1.54, 1.807) is 7.05 Å². The maximum absolute atomic E-state index is 9.14. The summed E-state index contributed by atoms with van der Waals surface area (Å²) in [5, 5.41) is 12.8. The van der Waals surface area contributed by atoms with Gasteiger partial charge in [0.2, 0.25) is 0 Å². The van der Waals surface area contributed by atoms with Crippen LogP contribution < -0.4 is 4.74 Å². The third-order valence-electron chi connectivity index (χ3n) is 3.30. The van der Waals surface area contributed by atoms with Gasteiger partial charge >= 0.3 is 0 Å². The average molecular weight is 273 g/mol. The molecule has 0 unspecified atom stereocenters. The lowest BCUT2D eigenvalue weighted by atomic mass is 10.0. The van der Waals surface area contributed by atoms with Gasteiger partial charge in [0.15, 0.2) is 0 Å². The quantitative estimate of drug-likeness (QED) is 0.777. The van der Waals surface area contributed by atoms with Crippen LogP contribution in [0, 0.1) is 0 Å². The number of nitrogens with zero attached hydrogens (tertiary/aromatic N) is 1. The first kappa shape index (κ1) is 14.8. The summed E-state index contributed by atoms with van der Waals surface area (Å²) in [5.74, 6) is 0.937. The van der Waals surface area contributed by atoms with Crippen molar-refractivity contribution >= 4 is 10.8 Å². The molecular weight excluding hydrogens is 250 g/mol. The lowest BCUT2D eigenvalue weighted by molar-refractivity contribution is -0.0651. The number of hydrogen-bond donors (Lipinski definition) is 1. The third-order valence-corrected chi connectivity index (χ3v) is 3.30. The summed E-state index contributed by atoms with van der Waals surface area (Å²) in [6.07, 6.45) is 2.94. The minimum atomic E-state index is 0.692. The van der Waals surface area contributed by atoms with Gasteiger partial charge in [0, 0.05) is 13.6 Å². The van der Waals surface area contributed by atoms with Crippen molar-refractivity contribution in [2.75, 3.05) is 20.2 Å². The van der Waals surface area contributed by atoms with Crippen LogP contribution in [-0.2, 0) is 6.42 Å². The highest BCUT2D eigenvalue weighted by Crippen LogP contribution is 2.22. The molecule has 108 valence electrons. The van der Waals surface area contributed by atoms with Gasteiger partial charge in [-0.2, -0.15) is 5.06 Å². The van der Waals surface area contributed by atoms with E-state index in [0.717, 1.165) is 31.6 Å². The molecule has 0 radical (unpaired) electrons. The first-order valence-electron chi connectivity index (χ1n) is 7.24. The number of hydrogen-bond acceptors (Lipinski definition) is 3. The van der Waals surface area contributed by atoms with Crippen molar-refractivity contribution in [2.24, 2.45) is 0 Å². The fourth-order valence-electron chi connectivity index (χ4n) is 2.25. The summed E-state index contributed by atoms with van der Waals surface area (Å²) in [6, 6.07) is 12.8. The second-order valence-electron chi connectivity index (χ2n) is 5.18. The van der Waals surface area contributed by atoms with Gasteiger partial charge in [-0.3, -0.25) is 0 Å². The Labute approximate surface area is 120 Å². The lowest BCUT2D eigenvalue weighted by Gasteiger charge is -2.09. The number of fused-ring (bicyclic) bond motifs is 1. The number of rotatable bonds is 7. The Morgan fingerprint density at radius 1 is 1.10 bits per heavy atom. The van der Waals surface area contributed by atoms with E-state index in [1.807, 2.05) is 6.07 Å². The van der Waals surface area contributed by atoms with E-state index in [9.17, 15) is 0 Å². The van der Waals surface area contributed by atoms with Crippen LogP contribution in [0.15, 0.2) is 36.4 Å². The highest BCUT2D eigenvalue weighted by Gasteiger charge is 2.01. The van der Waals surface area contributed by atoms with Crippen molar-refractivity contribution in [1.82, 2.24) is 5.06 Å². The highest BCUT2D eigenvalue weighted by molar-refractivity contribution is 5.84. The zero-order valence-corrected chi connectivity index (χ0v) is 12.3. The molecule has 2 rings (SSSR count). The SMILES string of the molecule is CCCOc1ccc2ccc(CCCN(C)O)cc2c1. The number of aryl methyl sites for hydroxylation is 1. The van der Waals surface area contributed by atoms with Crippen LogP contribution >= 0.6 is 0 Å². The molecule has 0 saturated carbocycles. The van der Waals surface area contributed by atoms with Gasteiger partial charge in [0.25, 0.3) is 0 Å². The monoisotopic (exact) mass is 273 g/mol. The van der Waals surface area contributed by atoms with Gasteiger partial charge in [-0.1, -0.05) is 31.2 Å². The normalized spacial score (nSPS) is 11.2. The molecule has 0 bridgehead atoms. The number of benzene rings is 2. The van der Waals surface area contributed by atoms with Crippen LogP contribution in [0.2, 0.25) is 0 Å². The Balaban J connectivity index is 2.09. The largest absolute Gasteiger partial charge is 0.494 e. The molecule has 3 nitrogen and oxygen atoms in total. The molecule has 0 aromatic heterocycles. The summed E-state index contributed by atoms with van der Waals surface area (Å²) in [6.45, 7) is 3.56. The summed E-state index contributed by atoms with van der Waals surface area (Å²) in [7, 11) is 1.68. The molecule has 2 aromatic rings. The molecule has 0 aliphatic heterocycles. The van der Waals surface area contributed by atoms with E-state index in [2.05, 4.69) is 37.3 Å². The van der Waals surface area contributed by atoms with Gasteiger partial charge in [-0.05, 0) is 47.7 Å². The first-order chi connectivity index (χ1) is 9.69. The minimum absolute atomic E-state index is 0.692. The molecule has 0 aliphatic rings. The summed E-state index contributed by atoms with van der Waals surface area (Å²) < 4.78 is 5.68. The average Bonchev–Trinajstić information content (AvgIpc) is 2.44. The zero-order chi connectivity index (χ0) is 14.4.